The van der Waals surface area contributed by atoms with Crippen LogP contribution in [0.4, 0.5) is 8.78 Å². The van der Waals surface area contributed by atoms with Gasteiger partial charge in [-0.15, -0.1) is 0 Å². The second-order valence-electron chi connectivity index (χ2n) is 5.66. The van der Waals surface area contributed by atoms with Crippen LogP contribution in [0.3, 0.4) is 0 Å². The Labute approximate surface area is 123 Å². The molecule has 0 radical (unpaired) electrons. The minimum absolute atomic E-state index is 0.259. The summed E-state index contributed by atoms with van der Waals surface area (Å²) in [5, 5.41) is 13.2. The zero-order chi connectivity index (χ0) is 15.5. The summed E-state index contributed by atoms with van der Waals surface area (Å²) in [5.41, 5.74) is -0.745. The number of carbonyl (C=O) groups is 1. The van der Waals surface area contributed by atoms with Crippen molar-refractivity contribution >= 4 is 5.97 Å². The third kappa shape index (κ3) is 1.57. The van der Waals surface area contributed by atoms with Crippen LogP contribution in [0.15, 0.2) is 18.6 Å². The van der Waals surface area contributed by atoms with Crippen LogP contribution in [0.1, 0.15) is 46.9 Å². The lowest BCUT2D eigenvalue weighted by Crippen LogP contribution is -2.23. The zero-order valence-corrected chi connectivity index (χ0v) is 11.4. The fourth-order valence-electron chi connectivity index (χ4n) is 3.73. The van der Waals surface area contributed by atoms with Crippen LogP contribution in [0, 0.1) is 5.92 Å². The van der Waals surface area contributed by atoms with Crippen LogP contribution < -0.4 is 0 Å². The minimum Gasteiger partial charge on any atom is -0.476 e. The molecule has 0 amide bonds. The number of hydrogen-bond acceptors (Lipinski definition) is 4. The number of carboxylic acid groups (broad SMARTS) is 1. The van der Waals surface area contributed by atoms with Gasteiger partial charge in [-0.25, -0.2) is 23.2 Å². The highest BCUT2D eigenvalue weighted by atomic mass is 19.3. The molecule has 22 heavy (non-hydrogen) atoms. The molecule has 2 aliphatic rings. The molecule has 2 unspecified atom stereocenters. The van der Waals surface area contributed by atoms with Crippen molar-refractivity contribution in [1.82, 2.24) is 19.7 Å². The molecule has 2 aromatic heterocycles. The van der Waals surface area contributed by atoms with Crippen molar-refractivity contribution < 1.29 is 18.7 Å². The molecule has 6 nitrogen and oxygen atoms in total. The van der Waals surface area contributed by atoms with Gasteiger partial charge in [0.2, 0.25) is 0 Å². The quantitative estimate of drug-likeness (QED) is 0.921. The Morgan fingerprint density at radius 3 is 2.86 bits per heavy atom. The first-order valence-corrected chi connectivity index (χ1v) is 7.02. The molecule has 2 heterocycles. The normalized spacial score (nSPS) is 25.0. The van der Waals surface area contributed by atoms with Gasteiger partial charge >= 0.3 is 5.97 Å². The molecular weight excluding hydrogens is 294 g/mol. The fraction of sp³-hybridized carbons (Fsp3) is 0.429. The first-order chi connectivity index (χ1) is 10.5. The number of fused-ring (bicyclic) bond motifs is 3. The number of nitrogens with zero attached hydrogens (tertiary/aromatic N) is 4. The second-order valence-corrected chi connectivity index (χ2v) is 5.66. The van der Waals surface area contributed by atoms with Gasteiger partial charge in [0.15, 0.2) is 11.5 Å². The molecule has 1 N–H and O–H groups in total. The van der Waals surface area contributed by atoms with E-state index in [2.05, 4.69) is 15.1 Å². The van der Waals surface area contributed by atoms with Crippen molar-refractivity contribution in [1.29, 1.82) is 0 Å². The summed E-state index contributed by atoms with van der Waals surface area (Å²) in [4.78, 5) is 19.3. The van der Waals surface area contributed by atoms with Gasteiger partial charge in [-0.3, -0.25) is 4.98 Å². The molecule has 1 saturated carbocycles. The smallest absolute Gasteiger partial charge is 0.356 e. The van der Waals surface area contributed by atoms with E-state index >= 15 is 0 Å². The molecule has 0 spiro atoms. The van der Waals surface area contributed by atoms with Crippen molar-refractivity contribution in [2.75, 3.05) is 0 Å². The summed E-state index contributed by atoms with van der Waals surface area (Å²) in [6.45, 7) is 0. The Hall–Kier alpha value is -2.38. The van der Waals surface area contributed by atoms with Crippen LogP contribution in [0.25, 0.3) is 5.82 Å². The lowest BCUT2D eigenvalue weighted by molar-refractivity contribution is -0.0555. The van der Waals surface area contributed by atoms with E-state index < -0.39 is 29.1 Å². The van der Waals surface area contributed by atoms with Crippen molar-refractivity contribution in [2.24, 2.45) is 5.92 Å². The minimum atomic E-state index is -3.16. The van der Waals surface area contributed by atoms with E-state index in [4.69, 9.17) is 0 Å². The topological polar surface area (TPSA) is 80.9 Å². The van der Waals surface area contributed by atoms with Crippen LogP contribution in [-0.4, -0.2) is 30.8 Å². The maximum atomic E-state index is 14.7. The van der Waals surface area contributed by atoms with Gasteiger partial charge in [0.25, 0.3) is 5.92 Å². The first kappa shape index (κ1) is 13.3. The van der Waals surface area contributed by atoms with Crippen molar-refractivity contribution in [3.8, 4) is 5.82 Å². The van der Waals surface area contributed by atoms with Crippen LogP contribution >= 0.6 is 0 Å². The average molecular weight is 306 g/mol. The summed E-state index contributed by atoms with van der Waals surface area (Å²) in [6.07, 6.45) is 5.98. The van der Waals surface area contributed by atoms with Crippen molar-refractivity contribution in [3.05, 3.63) is 35.5 Å². The van der Waals surface area contributed by atoms with Gasteiger partial charge < -0.3 is 5.11 Å². The Morgan fingerprint density at radius 1 is 1.36 bits per heavy atom. The summed E-state index contributed by atoms with van der Waals surface area (Å²) >= 11 is 0. The molecule has 114 valence electrons. The first-order valence-electron chi connectivity index (χ1n) is 7.02. The lowest BCUT2D eigenvalue weighted by atomic mass is 9.96. The number of aromatic carboxylic acids is 1. The van der Waals surface area contributed by atoms with E-state index in [1.54, 1.807) is 0 Å². The van der Waals surface area contributed by atoms with E-state index in [0.29, 0.717) is 19.3 Å². The number of hydrogen-bond donors (Lipinski definition) is 1. The molecule has 2 aromatic rings. The maximum Gasteiger partial charge on any atom is 0.356 e. The average Bonchev–Trinajstić information content (AvgIpc) is 3.16. The molecule has 2 atom stereocenters. The molecule has 2 aliphatic carbocycles. The Morgan fingerprint density at radius 2 is 2.18 bits per heavy atom. The Kier molecular flexibility index (Phi) is 2.60. The number of halogens is 2. The van der Waals surface area contributed by atoms with E-state index in [1.165, 1.54) is 23.3 Å². The number of carboxylic acids is 1. The van der Waals surface area contributed by atoms with Gasteiger partial charge in [-0.1, -0.05) is 6.42 Å². The summed E-state index contributed by atoms with van der Waals surface area (Å²) < 4.78 is 30.6. The van der Waals surface area contributed by atoms with E-state index in [1.807, 2.05) is 0 Å². The Balaban J connectivity index is 2.01. The number of rotatable bonds is 2. The monoisotopic (exact) mass is 306 g/mol. The van der Waals surface area contributed by atoms with Crippen LogP contribution in [0.5, 0.6) is 0 Å². The summed E-state index contributed by atoms with van der Waals surface area (Å²) in [7, 11) is 0. The molecule has 4 rings (SSSR count). The highest BCUT2D eigenvalue weighted by Gasteiger charge is 2.60. The maximum absolute atomic E-state index is 14.7. The van der Waals surface area contributed by atoms with Gasteiger partial charge in [0, 0.05) is 24.2 Å². The van der Waals surface area contributed by atoms with Crippen LogP contribution in [0.2, 0.25) is 0 Å². The van der Waals surface area contributed by atoms with Gasteiger partial charge in [-0.2, -0.15) is 5.10 Å². The van der Waals surface area contributed by atoms with Crippen molar-refractivity contribution in [3.63, 3.8) is 0 Å². The molecule has 0 aromatic carbocycles. The largest absolute Gasteiger partial charge is 0.476 e. The highest BCUT2D eigenvalue weighted by Crippen LogP contribution is 2.60. The summed E-state index contributed by atoms with van der Waals surface area (Å²) in [5.74, 6) is -5.58. The highest BCUT2D eigenvalue weighted by molar-refractivity contribution is 5.88. The summed E-state index contributed by atoms with van der Waals surface area (Å²) in [6, 6.07) is 0. The molecule has 8 heteroatoms. The number of alkyl halides is 2. The SMILES string of the molecule is O=C(O)c1nn(-c2cnccn2)c2c1C(F)(F)C1CCCC21. The van der Waals surface area contributed by atoms with Gasteiger partial charge in [0.1, 0.15) is 0 Å². The Bertz CT molecular complexity index is 760. The van der Waals surface area contributed by atoms with Gasteiger partial charge in [0.05, 0.1) is 17.5 Å². The third-order valence-corrected chi connectivity index (χ3v) is 4.56. The van der Waals surface area contributed by atoms with Gasteiger partial charge in [-0.05, 0) is 12.8 Å². The molecule has 0 aliphatic heterocycles. The van der Waals surface area contributed by atoms with E-state index in [9.17, 15) is 18.7 Å². The second kappa shape index (κ2) is 4.31. The zero-order valence-electron chi connectivity index (χ0n) is 11.4. The number of aromatic nitrogens is 4. The third-order valence-electron chi connectivity index (χ3n) is 4.56. The van der Waals surface area contributed by atoms with E-state index in [0.717, 1.165) is 0 Å². The molecule has 0 saturated heterocycles. The predicted molar refractivity (Wildman–Crippen MR) is 70.1 cm³/mol. The van der Waals surface area contributed by atoms with Crippen LogP contribution in [-0.2, 0) is 5.92 Å². The van der Waals surface area contributed by atoms with Crippen molar-refractivity contribution in [2.45, 2.75) is 31.1 Å². The molecule has 0 bridgehead atoms. The standard InChI is InChI=1S/C14H12F2N4O2/c15-14(16)8-3-1-2-7(8)12-10(14)11(13(21)22)19-20(12)9-6-17-4-5-18-9/h4-8H,1-3H2,(H,21,22). The van der Waals surface area contributed by atoms with E-state index in [-0.39, 0.29) is 17.4 Å². The fourth-order valence-corrected chi connectivity index (χ4v) is 3.73. The molecular formula is C14H12F2N4O2. The lowest BCUT2D eigenvalue weighted by Gasteiger charge is -2.19. The predicted octanol–water partition coefficient (Wildman–Crippen LogP) is 2.35. The molecule has 1 fully saturated rings.